The van der Waals surface area contributed by atoms with Crippen LogP contribution in [0.15, 0.2) is 30.3 Å². The van der Waals surface area contributed by atoms with Crippen LogP contribution in [0.5, 0.6) is 11.5 Å². The third kappa shape index (κ3) is 2.46. The van der Waals surface area contributed by atoms with Crippen molar-refractivity contribution in [2.24, 2.45) is 0 Å². The molecule has 0 amide bonds. The molecule has 22 heavy (non-hydrogen) atoms. The van der Waals surface area contributed by atoms with Gasteiger partial charge < -0.3 is 9.47 Å². The first-order valence-corrected chi connectivity index (χ1v) is 7.62. The summed E-state index contributed by atoms with van der Waals surface area (Å²) in [4.78, 5) is 2.11. The Bertz CT molecular complexity index is 687. The highest BCUT2D eigenvalue weighted by Gasteiger charge is 2.29. The maximum Gasteiger partial charge on any atom is 0.156 e. The first kappa shape index (κ1) is 14.9. The maximum absolute atomic E-state index is 6.23. The molecule has 2 aromatic rings. The molecule has 0 aliphatic carbocycles. The summed E-state index contributed by atoms with van der Waals surface area (Å²) in [6, 6.07) is 10.6. The average Bonchev–Trinajstić information content (AvgIpc) is 2.91. The molecule has 2 aromatic carbocycles. The van der Waals surface area contributed by atoms with Crippen molar-refractivity contribution in [1.29, 1.82) is 0 Å². The Morgan fingerprint density at radius 3 is 2.41 bits per heavy atom. The molecule has 3 heteroatoms. The molecule has 0 bridgehead atoms. The van der Waals surface area contributed by atoms with Crippen molar-refractivity contribution in [2.75, 3.05) is 21.2 Å². The molecule has 0 spiro atoms. The summed E-state index contributed by atoms with van der Waals surface area (Å²) in [7, 11) is 5.81. The van der Waals surface area contributed by atoms with E-state index in [1.165, 1.54) is 22.3 Å². The summed E-state index contributed by atoms with van der Waals surface area (Å²) in [5, 5.41) is 0. The smallest absolute Gasteiger partial charge is 0.156 e. The largest absolute Gasteiger partial charge is 0.497 e. The van der Waals surface area contributed by atoms with Crippen LogP contribution >= 0.6 is 0 Å². The van der Waals surface area contributed by atoms with E-state index in [4.69, 9.17) is 9.47 Å². The van der Waals surface area contributed by atoms with Crippen LogP contribution in [0, 0.1) is 13.8 Å². The Morgan fingerprint density at radius 2 is 1.82 bits per heavy atom. The predicted octanol–water partition coefficient (Wildman–Crippen LogP) is 3.80. The highest BCUT2D eigenvalue weighted by atomic mass is 16.5. The average molecular weight is 297 g/mol. The summed E-state index contributed by atoms with van der Waals surface area (Å²) in [5.74, 6) is 1.89. The number of ether oxygens (including phenoxy) is 2. The van der Waals surface area contributed by atoms with Gasteiger partial charge in [-0.15, -0.1) is 0 Å². The van der Waals surface area contributed by atoms with Gasteiger partial charge in [0.25, 0.3) is 0 Å². The van der Waals surface area contributed by atoms with Gasteiger partial charge in [-0.1, -0.05) is 18.2 Å². The van der Waals surface area contributed by atoms with Crippen LogP contribution in [-0.4, -0.2) is 32.3 Å². The van der Waals surface area contributed by atoms with Crippen LogP contribution in [0.2, 0.25) is 0 Å². The summed E-state index contributed by atoms with van der Waals surface area (Å²) in [6.45, 7) is 4.29. The molecule has 1 aliphatic rings. The van der Waals surface area contributed by atoms with Gasteiger partial charge in [0.1, 0.15) is 11.5 Å². The summed E-state index contributed by atoms with van der Waals surface area (Å²) in [6.07, 6.45) is 0.975. The van der Waals surface area contributed by atoms with E-state index in [1.54, 1.807) is 7.11 Å². The van der Waals surface area contributed by atoms with Gasteiger partial charge in [0.2, 0.25) is 0 Å². The Kier molecular flexibility index (Phi) is 3.83. The lowest BCUT2D eigenvalue weighted by atomic mass is 9.93. The van der Waals surface area contributed by atoms with Gasteiger partial charge in [0.15, 0.2) is 6.23 Å². The van der Waals surface area contributed by atoms with Crippen molar-refractivity contribution in [2.45, 2.75) is 26.5 Å². The molecule has 0 aromatic heterocycles. The minimum absolute atomic E-state index is 0.0881. The van der Waals surface area contributed by atoms with Gasteiger partial charge in [0, 0.05) is 17.5 Å². The molecule has 0 saturated carbocycles. The van der Waals surface area contributed by atoms with Crippen molar-refractivity contribution >= 4 is 0 Å². The van der Waals surface area contributed by atoms with Gasteiger partial charge >= 0.3 is 0 Å². The number of benzene rings is 2. The zero-order valence-electron chi connectivity index (χ0n) is 13.9. The van der Waals surface area contributed by atoms with Crippen molar-refractivity contribution in [3.05, 3.63) is 47.0 Å². The second-order valence-electron chi connectivity index (χ2n) is 6.17. The second-order valence-corrected chi connectivity index (χ2v) is 6.17. The Labute approximate surface area is 132 Å². The van der Waals surface area contributed by atoms with Crippen molar-refractivity contribution in [3.63, 3.8) is 0 Å². The zero-order chi connectivity index (χ0) is 15.9. The quantitative estimate of drug-likeness (QED) is 0.860. The highest BCUT2D eigenvalue weighted by molar-refractivity contribution is 5.79. The molecular weight excluding hydrogens is 274 g/mol. The molecule has 3 rings (SSSR count). The lowest BCUT2D eigenvalue weighted by Gasteiger charge is -2.20. The standard InChI is InChI=1S/C19H23NO2/c1-12-7-6-8-13(2)18(12)16-11-15(21-5)9-14-10-17(20(3)4)22-19(14)16/h6-9,11,17H,10H2,1-5H3. The van der Waals surface area contributed by atoms with Crippen LogP contribution < -0.4 is 9.47 Å². The Morgan fingerprint density at radius 1 is 1.14 bits per heavy atom. The SMILES string of the molecule is COc1cc2c(c(-c3c(C)cccc3C)c1)OC(N(C)C)C2. The number of likely N-dealkylation sites (N-methyl/N-ethyl adjacent to an activating group) is 1. The van der Waals surface area contributed by atoms with Gasteiger partial charge in [0.05, 0.1) is 7.11 Å². The zero-order valence-corrected chi connectivity index (χ0v) is 13.9. The van der Waals surface area contributed by atoms with Crippen molar-refractivity contribution in [3.8, 4) is 22.6 Å². The van der Waals surface area contributed by atoms with E-state index in [0.29, 0.717) is 0 Å². The fraction of sp³-hybridized carbons (Fsp3) is 0.368. The van der Waals surface area contributed by atoms with Crippen molar-refractivity contribution < 1.29 is 9.47 Å². The van der Waals surface area contributed by atoms with E-state index < -0.39 is 0 Å². The third-order valence-electron chi connectivity index (χ3n) is 4.35. The molecule has 1 unspecified atom stereocenters. The molecule has 1 atom stereocenters. The first-order chi connectivity index (χ1) is 10.5. The van der Waals surface area contributed by atoms with Crippen LogP contribution in [0.1, 0.15) is 16.7 Å². The molecule has 116 valence electrons. The van der Waals surface area contributed by atoms with E-state index in [1.807, 2.05) is 14.1 Å². The number of methoxy groups -OCH3 is 1. The van der Waals surface area contributed by atoms with Crippen LogP contribution in [0.3, 0.4) is 0 Å². The lowest BCUT2D eigenvalue weighted by molar-refractivity contribution is 0.0866. The molecule has 0 fully saturated rings. The van der Waals surface area contributed by atoms with E-state index >= 15 is 0 Å². The number of fused-ring (bicyclic) bond motifs is 1. The molecule has 3 nitrogen and oxygen atoms in total. The van der Waals surface area contributed by atoms with E-state index in [0.717, 1.165) is 23.5 Å². The molecular formula is C19H23NO2. The fourth-order valence-corrected chi connectivity index (χ4v) is 3.15. The van der Waals surface area contributed by atoms with E-state index in [2.05, 4.69) is 49.1 Å². The number of hydrogen-bond acceptors (Lipinski definition) is 3. The molecule has 1 heterocycles. The van der Waals surface area contributed by atoms with Crippen molar-refractivity contribution in [1.82, 2.24) is 4.90 Å². The molecule has 0 N–H and O–H groups in total. The maximum atomic E-state index is 6.23. The second kappa shape index (κ2) is 5.65. The molecule has 0 saturated heterocycles. The monoisotopic (exact) mass is 297 g/mol. The summed E-state index contributed by atoms with van der Waals surface area (Å²) in [5.41, 5.74) is 6.11. The van der Waals surface area contributed by atoms with Crippen LogP contribution in [0.25, 0.3) is 11.1 Å². The topological polar surface area (TPSA) is 21.7 Å². The Balaban J connectivity index is 2.19. The fourth-order valence-electron chi connectivity index (χ4n) is 3.15. The number of rotatable bonds is 3. The summed E-state index contributed by atoms with van der Waals surface area (Å²) < 4.78 is 11.7. The third-order valence-corrected chi connectivity index (χ3v) is 4.35. The number of hydrogen-bond donors (Lipinski definition) is 0. The Hall–Kier alpha value is -2.00. The first-order valence-electron chi connectivity index (χ1n) is 7.62. The summed E-state index contributed by atoms with van der Waals surface area (Å²) >= 11 is 0. The van der Waals surface area contributed by atoms with Gasteiger partial charge in [-0.3, -0.25) is 4.90 Å². The van der Waals surface area contributed by atoms with Gasteiger partial charge in [-0.05, 0) is 56.8 Å². The van der Waals surface area contributed by atoms with Gasteiger partial charge in [-0.25, -0.2) is 0 Å². The lowest BCUT2D eigenvalue weighted by Crippen LogP contribution is -2.31. The molecule has 1 aliphatic heterocycles. The van der Waals surface area contributed by atoms with E-state index in [-0.39, 0.29) is 6.23 Å². The van der Waals surface area contributed by atoms with Crippen LogP contribution in [-0.2, 0) is 6.42 Å². The minimum Gasteiger partial charge on any atom is -0.497 e. The predicted molar refractivity (Wildman–Crippen MR) is 89.7 cm³/mol. The number of nitrogens with zero attached hydrogens (tertiary/aromatic N) is 1. The van der Waals surface area contributed by atoms with Gasteiger partial charge in [-0.2, -0.15) is 0 Å². The number of aryl methyl sites for hydroxylation is 2. The normalized spacial score (nSPS) is 16.5. The van der Waals surface area contributed by atoms with E-state index in [9.17, 15) is 0 Å². The highest BCUT2D eigenvalue weighted by Crippen LogP contribution is 2.44. The minimum atomic E-state index is 0.0881. The van der Waals surface area contributed by atoms with Crippen LogP contribution in [0.4, 0.5) is 0 Å². The molecule has 0 radical (unpaired) electrons.